The molecule has 1 aromatic heterocycles. The van der Waals surface area contributed by atoms with Crippen LogP contribution in [-0.4, -0.2) is 23.3 Å². The summed E-state index contributed by atoms with van der Waals surface area (Å²) in [5.41, 5.74) is 9.36. The fourth-order valence-electron chi connectivity index (χ4n) is 3.11. The predicted octanol–water partition coefficient (Wildman–Crippen LogP) is 3.39. The second kappa shape index (κ2) is 5.68. The summed E-state index contributed by atoms with van der Waals surface area (Å²) in [6.45, 7) is 4.12. The van der Waals surface area contributed by atoms with Crippen molar-refractivity contribution < 1.29 is 4.74 Å². The molecule has 0 radical (unpaired) electrons. The van der Waals surface area contributed by atoms with Gasteiger partial charge >= 0.3 is 0 Å². The summed E-state index contributed by atoms with van der Waals surface area (Å²) in [5.74, 6) is 1.20. The van der Waals surface area contributed by atoms with Crippen molar-refractivity contribution in [3.8, 4) is 0 Å². The zero-order valence-corrected chi connectivity index (χ0v) is 13.1. The number of fused-ring (bicyclic) bond motifs is 1. The molecule has 2 aromatic rings. The lowest BCUT2D eigenvalue weighted by atomic mass is 10.0. The molecular weight excluding hydrogens is 262 g/mol. The molecule has 1 fully saturated rings. The van der Waals surface area contributed by atoms with Gasteiger partial charge in [-0.1, -0.05) is 6.92 Å². The summed E-state index contributed by atoms with van der Waals surface area (Å²) in [6.07, 6.45) is 5.88. The van der Waals surface area contributed by atoms with E-state index in [4.69, 9.17) is 15.5 Å². The topological polar surface area (TPSA) is 53.1 Å². The highest BCUT2D eigenvalue weighted by Gasteiger charge is 2.42. The molecule has 2 N–H and O–H groups in total. The van der Waals surface area contributed by atoms with Crippen molar-refractivity contribution in [3.05, 3.63) is 24.0 Å². The van der Waals surface area contributed by atoms with Crippen molar-refractivity contribution in [3.63, 3.8) is 0 Å². The molecule has 1 saturated carbocycles. The predicted molar refractivity (Wildman–Crippen MR) is 86.3 cm³/mol. The van der Waals surface area contributed by atoms with Gasteiger partial charge in [-0.05, 0) is 49.3 Å². The summed E-state index contributed by atoms with van der Waals surface area (Å²) in [6, 6.07) is 6.08. The van der Waals surface area contributed by atoms with E-state index in [1.165, 1.54) is 24.2 Å². The van der Waals surface area contributed by atoms with E-state index in [2.05, 4.69) is 17.6 Å². The minimum atomic E-state index is 0.424. The van der Waals surface area contributed by atoms with Gasteiger partial charge in [-0.25, -0.2) is 4.98 Å². The standard InChI is InChI=1S/C17H25N3O/c1-3-4-16-19-14-11-13(18)5-6-15(14)20(16)12-17(7-8-17)9-10-21-2/h5-6,11H,3-4,7-10,12,18H2,1-2H3. The third kappa shape index (κ3) is 2.91. The first kappa shape index (κ1) is 14.4. The van der Waals surface area contributed by atoms with Crippen LogP contribution in [0.1, 0.15) is 38.4 Å². The molecule has 0 amide bonds. The molecule has 0 bridgehead atoms. The maximum atomic E-state index is 5.90. The van der Waals surface area contributed by atoms with Gasteiger partial charge in [0.05, 0.1) is 11.0 Å². The average Bonchev–Trinajstić information content (AvgIpc) is 3.16. The van der Waals surface area contributed by atoms with Crippen molar-refractivity contribution in [2.75, 3.05) is 19.5 Å². The van der Waals surface area contributed by atoms with Gasteiger partial charge in [0, 0.05) is 32.4 Å². The SMILES string of the molecule is CCCc1nc2cc(N)ccc2n1CC1(CCOC)CC1. The second-order valence-corrected chi connectivity index (χ2v) is 6.36. The molecule has 0 unspecified atom stereocenters. The number of rotatable bonds is 7. The Morgan fingerprint density at radius 3 is 2.86 bits per heavy atom. The number of aryl methyl sites for hydroxylation is 1. The molecular formula is C17H25N3O. The molecule has 0 aliphatic heterocycles. The van der Waals surface area contributed by atoms with Crippen molar-refractivity contribution in [1.29, 1.82) is 0 Å². The molecule has 114 valence electrons. The number of imidazole rings is 1. The van der Waals surface area contributed by atoms with E-state index in [-0.39, 0.29) is 0 Å². The van der Waals surface area contributed by atoms with E-state index in [1.807, 2.05) is 12.1 Å². The number of nitrogen functional groups attached to an aromatic ring is 1. The molecule has 0 saturated heterocycles. The van der Waals surface area contributed by atoms with Crippen LogP contribution in [0, 0.1) is 5.41 Å². The van der Waals surface area contributed by atoms with E-state index < -0.39 is 0 Å². The third-order valence-electron chi connectivity index (χ3n) is 4.61. The van der Waals surface area contributed by atoms with Crippen LogP contribution >= 0.6 is 0 Å². The van der Waals surface area contributed by atoms with E-state index in [0.29, 0.717) is 5.41 Å². The molecule has 1 aliphatic carbocycles. The molecule has 1 heterocycles. The molecule has 0 atom stereocenters. The Morgan fingerprint density at radius 1 is 1.38 bits per heavy atom. The number of ether oxygens (including phenoxy) is 1. The second-order valence-electron chi connectivity index (χ2n) is 6.36. The van der Waals surface area contributed by atoms with Crippen LogP contribution in [-0.2, 0) is 17.7 Å². The average molecular weight is 287 g/mol. The first-order chi connectivity index (χ1) is 10.2. The van der Waals surface area contributed by atoms with E-state index >= 15 is 0 Å². The first-order valence-corrected chi connectivity index (χ1v) is 7.91. The Bertz CT molecular complexity index is 628. The van der Waals surface area contributed by atoms with Crippen LogP contribution in [0.2, 0.25) is 0 Å². The molecule has 4 nitrogen and oxygen atoms in total. The van der Waals surface area contributed by atoms with Gasteiger partial charge in [-0.3, -0.25) is 0 Å². The molecule has 3 rings (SSSR count). The normalized spacial score (nSPS) is 16.5. The monoisotopic (exact) mass is 287 g/mol. The summed E-state index contributed by atoms with van der Waals surface area (Å²) in [4.78, 5) is 4.81. The third-order valence-corrected chi connectivity index (χ3v) is 4.61. The highest BCUT2D eigenvalue weighted by Crippen LogP contribution is 2.50. The maximum Gasteiger partial charge on any atom is 0.109 e. The molecule has 0 spiro atoms. The number of hydrogen-bond donors (Lipinski definition) is 1. The number of anilines is 1. The van der Waals surface area contributed by atoms with Gasteiger partial charge < -0.3 is 15.0 Å². The number of benzene rings is 1. The fourth-order valence-corrected chi connectivity index (χ4v) is 3.11. The lowest BCUT2D eigenvalue weighted by Crippen LogP contribution is -2.16. The van der Waals surface area contributed by atoms with Gasteiger partial charge in [-0.15, -0.1) is 0 Å². The molecule has 4 heteroatoms. The lowest BCUT2D eigenvalue weighted by molar-refractivity contribution is 0.167. The summed E-state index contributed by atoms with van der Waals surface area (Å²) >= 11 is 0. The summed E-state index contributed by atoms with van der Waals surface area (Å²) in [7, 11) is 1.79. The first-order valence-electron chi connectivity index (χ1n) is 7.91. The van der Waals surface area contributed by atoms with Crippen molar-refractivity contribution in [2.24, 2.45) is 5.41 Å². The quantitative estimate of drug-likeness (QED) is 0.794. The minimum Gasteiger partial charge on any atom is -0.399 e. The Morgan fingerprint density at radius 2 is 2.19 bits per heavy atom. The Labute approximate surface area is 126 Å². The van der Waals surface area contributed by atoms with Crippen LogP contribution in [0.25, 0.3) is 11.0 Å². The minimum absolute atomic E-state index is 0.424. The number of hydrogen-bond acceptors (Lipinski definition) is 3. The van der Waals surface area contributed by atoms with E-state index in [9.17, 15) is 0 Å². The largest absolute Gasteiger partial charge is 0.399 e. The Balaban J connectivity index is 1.94. The van der Waals surface area contributed by atoms with E-state index in [0.717, 1.165) is 43.6 Å². The zero-order chi connectivity index (χ0) is 14.9. The van der Waals surface area contributed by atoms with Crippen molar-refractivity contribution in [1.82, 2.24) is 9.55 Å². The van der Waals surface area contributed by atoms with Gasteiger partial charge in [0.15, 0.2) is 0 Å². The van der Waals surface area contributed by atoms with Crippen LogP contribution in [0.3, 0.4) is 0 Å². The number of nitrogens with zero attached hydrogens (tertiary/aromatic N) is 2. The summed E-state index contributed by atoms with van der Waals surface area (Å²) < 4.78 is 7.69. The van der Waals surface area contributed by atoms with Crippen LogP contribution in [0.15, 0.2) is 18.2 Å². The smallest absolute Gasteiger partial charge is 0.109 e. The molecule has 21 heavy (non-hydrogen) atoms. The van der Waals surface area contributed by atoms with Gasteiger partial charge in [0.1, 0.15) is 5.82 Å². The lowest BCUT2D eigenvalue weighted by Gasteiger charge is -2.18. The zero-order valence-electron chi connectivity index (χ0n) is 13.1. The van der Waals surface area contributed by atoms with Crippen molar-refractivity contribution in [2.45, 2.75) is 45.6 Å². The van der Waals surface area contributed by atoms with Crippen LogP contribution in [0.5, 0.6) is 0 Å². The van der Waals surface area contributed by atoms with E-state index in [1.54, 1.807) is 7.11 Å². The van der Waals surface area contributed by atoms with Gasteiger partial charge in [-0.2, -0.15) is 0 Å². The molecule has 1 aromatic carbocycles. The number of nitrogens with two attached hydrogens (primary N) is 1. The fraction of sp³-hybridized carbons (Fsp3) is 0.588. The van der Waals surface area contributed by atoms with Gasteiger partial charge in [0.25, 0.3) is 0 Å². The Hall–Kier alpha value is -1.55. The van der Waals surface area contributed by atoms with Gasteiger partial charge in [0.2, 0.25) is 0 Å². The number of methoxy groups -OCH3 is 1. The van der Waals surface area contributed by atoms with Crippen molar-refractivity contribution >= 4 is 16.7 Å². The maximum absolute atomic E-state index is 5.90. The highest BCUT2D eigenvalue weighted by molar-refractivity contribution is 5.79. The van der Waals surface area contributed by atoms with Crippen LogP contribution < -0.4 is 5.73 Å². The number of aromatic nitrogens is 2. The molecule has 1 aliphatic rings. The Kier molecular flexibility index (Phi) is 3.89. The van der Waals surface area contributed by atoms with Crippen LogP contribution in [0.4, 0.5) is 5.69 Å². The summed E-state index contributed by atoms with van der Waals surface area (Å²) in [5, 5.41) is 0. The highest BCUT2D eigenvalue weighted by atomic mass is 16.5.